The molecule has 0 spiro atoms. The number of hydrogen-bond acceptors (Lipinski definition) is 1. The van der Waals surface area contributed by atoms with Crippen LogP contribution in [0.4, 0.5) is 0 Å². The molecule has 0 saturated carbocycles. The SMILES string of the molecule is CCCCCCC(Cl)CCCCCN1CCCCC1. The molecule has 0 bridgehead atoms. The fraction of sp³-hybridized carbons (Fsp3) is 1.00. The van der Waals surface area contributed by atoms with Crippen LogP contribution in [0.5, 0.6) is 0 Å². The summed E-state index contributed by atoms with van der Waals surface area (Å²) in [4.78, 5) is 2.65. The molecule has 0 amide bonds. The molecule has 0 aliphatic carbocycles. The zero-order valence-corrected chi connectivity index (χ0v) is 13.8. The number of nitrogens with zero attached hydrogens (tertiary/aromatic N) is 1. The molecule has 1 heterocycles. The first-order chi connectivity index (χ1) is 9.33. The summed E-state index contributed by atoms with van der Waals surface area (Å²) in [7, 11) is 0. The van der Waals surface area contributed by atoms with E-state index in [2.05, 4.69) is 11.8 Å². The lowest BCUT2D eigenvalue weighted by Crippen LogP contribution is -2.30. The molecular weight excluding hydrogens is 254 g/mol. The van der Waals surface area contributed by atoms with Gasteiger partial charge in [-0.1, -0.05) is 51.9 Å². The first kappa shape index (κ1) is 17.3. The fourth-order valence-corrected chi connectivity index (χ4v) is 3.31. The number of likely N-dealkylation sites (tertiary alicyclic amines) is 1. The van der Waals surface area contributed by atoms with Crippen LogP contribution in [0.25, 0.3) is 0 Å². The van der Waals surface area contributed by atoms with Gasteiger partial charge in [0.25, 0.3) is 0 Å². The van der Waals surface area contributed by atoms with Crippen molar-refractivity contribution in [2.24, 2.45) is 0 Å². The van der Waals surface area contributed by atoms with Crippen LogP contribution >= 0.6 is 11.6 Å². The average molecular weight is 288 g/mol. The molecule has 1 aliphatic heterocycles. The summed E-state index contributed by atoms with van der Waals surface area (Å²) in [6.07, 6.45) is 16.2. The van der Waals surface area contributed by atoms with Gasteiger partial charge in [-0.3, -0.25) is 0 Å². The first-order valence-corrected chi connectivity index (χ1v) is 9.13. The number of halogens is 1. The van der Waals surface area contributed by atoms with Crippen LogP contribution in [-0.4, -0.2) is 29.9 Å². The fourth-order valence-electron chi connectivity index (χ4n) is 3.00. The summed E-state index contributed by atoms with van der Waals surface area (Å²) in [5, 5.41) is 0.437. The van der Waals surface area contributed by atoms with Crippen molar-refractivity contribution in [3.8, 4) is 0 Å². The van der Waals surface area contributed by atoms with E-state index in [9.17, 15) is 0 Å². The Morgan fingerprint density at radius 1 is 0.842 bits per heavy atom. The summed E-state index contributed by atoms with van der Waals surface area (Å²) in [5.41, 5.74) is 0. The Labute approximate surface area is 126 Å². The van der Waals surface area contributed by atoms with Crippen LogP contribution in [0.3, 0.4) is 0 Å². The summed E-state index contributed by atoms with van der Waals surface area (Å²) in [6, 6.07) is 0. The maximum atomic E-state index is 6.38. The number of piperidine rings is 1. The molecule has 1 saturated heterocycles. The third-order valence-electron chi connectivity index (χ3n) is 4.31. The summed E-state index contributed by atoms with van der Waals surface area (Å²) in [6.45, 7) is 6.27. The highest BCUT2D eigenvalue weighted by Gasteiger charge is 2.09. The first-order valence-electron chi connectivity index (χ1n) is 8.69. The van der Waals surface area contributed by atoms with Crippen LogP contribution in [0.1, 0.15) is 84.0 Å². The van der Waals surface area contributed by atoms with Crippen molar-refractivity contribution in [3.05, 3.63) is 0 Å². The van der Waals surface area contributed by atoms with Crippen molar-refractivity contribution >= 4 is 11.6 Å². The van der Waals surface area contributed by atoms with Gasteiger partial charge in [0.2, 0.25) is 0 Å². The number of rotatable bonds is 11. The zero-order valence-electron chi connectivity index (χ0n) is 13.0. The number of hydrogen-bond donors (Lipinski definition) is 0. The lowest BCUT2D eigenvalue weighted by atomic mass is 10.1. The van der Waals surface area contributed by atoms with E-state index in [1.165, 1.54) is 96.7 Å². The van der Waals surface area contributed by atoms with Gasteiger partial charge >= 0.3 is 0 Å². The maximum Gasteiger partial charge on any atom is 0.0336 e. The van der Waals surface area contributed by atoms with Gasteiger partial charge in [-0.2, -0.15) is 0 Å². The van der Waals surface area contributed by atoms with Crippen molar-refractivity contribution < 1.29 is 0 Å². The molecule has 1 atom stereocenters. The topological polar surface area (TPSA) is 3.24 Å². The number of unbranched alkanes of at least 4 members (excludes halogenated alkanes) is 5. The van der Waals surface area contributed by atoms with Crippen LogP contribution in [0.2, 0.25) is 0 Å². The average Bonchev–Trinajstić information content (AvgIpc) is 2.44. The van der Waals surface area contributed by atoms with E-state index < -0.39 is 0 Å². The van der Waals surface area contributed by atoms with E-state index in [0.717, 1.165) is 0 Å². The van der Waals surface area contributed by atoms with Gasteiger partial charge < -0.3 is 4.90 Å². The smallest absolute Gasteiger partial charge is 0.0336 e. The molecule has 1 nitrogen and oxygen atoms in total. The molecular formula is C17H34ClN. The lowest BCUT2D eigenvalue weighted by molar-refractivity contribution is 0.224. The van der Waals surface area contributed by atoms with Gasteiger partial charge in [-0.15, -0.1) is 11.6 Å². The van der Waals surface area contributed by atoms with Crippen molar-refractivity contribution in [2.45, 2.75) is 89.4 Å². The molecule has 0 aromatic heterocycles. The highest BCUT2D eigenvalue weighted by Crippen LogP contribution is 2.17. The molecule has 1 unspecified atom stereocenters. The van der Waals surface area contributed by atoms with Crippen molar-refractivity contribution in [3.63, 3.8) is 0 Å². The van der Waals surface area contributed by atoms with E-state index in [1.54, 1.807) is 0 Å². The van der Waals surface area contributed by atoms with Gasteiger partial charge in [0.1, 0.15) is 0 Å². The van der Waals surface area contributed by atoms with Gasteiger partial charge in [0, 0.05) is 5.38 Å². The van der Waals surface area contributed by atoms with E-state index in [1.807, 2.05) is 0 Å². The Balaban J connectivity index is 1.83. The molecule has 1 rings (SSSR count). The molecule has 114 valence electrons. The minimum absolute atomic E-state index is 0.437. The van der Waals surface area contributed by atoms with Gasteiger partial charge in [0.05, 0.1) is 0 Å². The Kier molecular flexibility index (Phi) is 11.0. The highest BCUT2D eigenvalue weighted by molar-refractivity contribution is 6.20. The molecule has 19 heavy (non-hydrogen) atoms. The van der Waals surface area contributed by atoms with E-state index in [-0.39, 0.29) is 0 Å². The van der Waals surface area contributed by atoms with E-state index in [4.69, 9.17) is 11.6 Å². The Morgan fingerprint density at radius 2 is 1.47 bits per heavy atom. The third kappa shape index (κ3) is 9.73. The predicted octanol–water partition coefficient (Wildman–Crippen LogP) is 5.61. The molecule has 0 aromatic carbocycles. The Hall–Kier alpha value is 0.250. The molecule has 0 radical (unpaired) electrons. The minimum Gasteiger partial charge on any atom is -0.303 e. The molecule has 1 aliphatic rings. The molecule has 0 aromatic rings. The van der Waals surface area contributed by atoms with E-state index in [0.29, 0.717) is 5.38 Å². The predicted molar refractivity (Wildman–Crippen MR) is 87.2 cm³/mol. The Morgan fingerprint density at radius 3 is 2.11 bits per heavy atom. The normalized spacial score (nSPS) is 18.6. The number of alkyl halides is 1. The van der Waals surface area contributed by atoms with Crippen LogP contribution in [-0.2, 0) is 0 Å². The summed E-state index contributed by atoms with van der Waals surface area (Å²) >= 11 is 6.38. The summed E-state index contributed by atoms with van der Waals surface area (Å²) in [5.74, 6) is 0. The third-order valence-corrected chi connectivity index (χ3v) is 4.75. The molecule has 2 heteroatoms. The second kappa shape index (κ2) is 12.0. The summed E-state index contributed by atoms with van der Waals surface area (Å²) < 4.78 is 0. The second-order valence-electron chi connectivity index (χ2n) is 6.20. The van der Waals surface area contributed by atoms with Crippen LogP contribution in [0, 0.1) is 0 Å². The quantitative estimate of drug-likeness (QED) is 0.353. The molecule has 1 fully saturated rings. The standard InChI is InChI=1S/C17H34ClN/c1-2-3-4-7-12-17(18)13-8-5-9-14-19-15-10-6-11-16-19/h17H,2-16H2,1H3. The van der Waals surface area contributed by atoms with Crippen LogP contribution < -0.4 is 0 Å². The highest BCUT2D eigenvalue weighted by atomic mass is 35.5. The van der Waals surface area contributed by atoms with Crippen molar-refractivity contribution in [2.75, 3.05) is 19.6 Å². The van der Waals surface area contributed by atoms with Crippen molar-refractivity contribution in [1.29, 1.82) is 0 Å². The van der Waals surface area contributed by atoms with Gasteiger partial charge in [-0.05, 0) is 51.7 Å². The Bertz CT molecular complexity index is 190. The van der Waals surface area contributed by atoms with Crippen LogP contribution in [0.15, 0.2) is 0 Å². The lowest BCUT2D eigenvalue weighted by Gasteiger charge is -2.26. The minimum atomic E-state index is 0.437. The van der Waals surface area contributed by atoms with Gasteiger partial charge in [0.15, 0.2) is 0 Å². The largest absolute Gasteiger partial charge is 0.303 e. The monoisotopic (exact) mass is 287 g/mol. The van der Waals surface area contributed by atoms with Gasteiger partial charge in [-0.25, -0.2) is 0 Å². The molecule has 0 N–H and O–H groups in total. The zero-order chi connectivity index (χ0) is 13.8. The maximum absolute atomic E-state index is 6.38. The van der Waals surface area contributed by atoms with Crippen molar-refractivity contribution in [1.82, 2.24) is 4.90 Å². The van der Waals surface area contributed by atoms with E-state index >= 15 is 0 Å². The second-order valence-corrected chi connectivity index (χ2v) is 6.82.